The van der Waals surface area contributed by atoms with Crippen molar-refractivity contribution in [2.45, 2.75) is 19.0 Å². The summed E-state index contributed by atoms with van der Waals surface area (Å²) in [7, 11) is 0. The molecule has 0 amide bonds. The predicted octanol–water partition coefficient (Wildman–Crippen LogP) is 3.32. The van der Waals surface area contributed by atoms with Crippen molar-refractivity contribution in [2.75, 3.05) is 32.7 Å². The third-order valence-corrected chi connectivity index (χ3v) is 6.54. The number of aryl methyl sites for hydroxylation is 1. The maximum atomic E-state index is 12.3. The zero-order valence-corrected chi connectivity index (χ0v) is 21.8. The highest BCUT2D eigenvalue weighted by Crippen LogP contribution is 2.29. The number of nitrogens with zero attached hydrogens (tertiary/aromatic N) is 3. The number of aromatic nitrogens is 2. The summed E-state index contributed by atoms with van der Waals surface area (Å²) in [6.07, 6.45) is 0.975. The van der Waals surface area contributed by atoms with Gasteiger partial charge in [-0.3, -0.25) is 9.47 Å². The lowest BCUT2D eigenvalue weighted by atomic mass is 9.96. The van der Waals surface area contributed by atoms with Gasteiger partial charge in [-0.15, -0.1) is 24.8 Å². The Morgan fingerprint density at radius 3 is 1.81 bits per heavy atom. The normalized spacial score (nSPS) is 13.8. The summed E-state index contributed by atoms with van der Waals surface area (Å²) in [6, 6.07) is 29.9. The van der Waals surface area contributed by atoms with E-state index in [9.17, 15) is 4.79 Å². The smallest absolute Gasteiger partial charge is 0.326 e. The maximum Gasteiger partial charge on any atom is 0.326 e. The van der Waals surface area contributed by atoms with Crippen molar-refractivity contribution < 1.29 is 11.0 Å². The van der Waals surface area contributed by atoms with E-state index in [1.807, 2.05) is 28.8 Å². The number of hydrogen-bond donors (Lipinski definition) is 1. The van der Waals surface area contributed by atoms with E-state index in [2.05, 4.69) is 75.4 Å². The fourth-order valence-electron chi connectivity index (χ4n) is 4.91. The largest absolute Gasteiger partial charge is 0.412 e. The molecule has 0 atom stereocenters. The van der Waals surface area contributed by atoms with Gasteiger partial charge in [0.1, 0.15) is 0 Å². The second-order valence-electron chi connectivity index (χ2n) is 8.55. The van der Waals surface area contributed by atoms with Gasteiger partial charge < -0.3 is 20.8 Å². The van der Waals surface area contributed by atoms with Crippen molar-refractivity contribution in [3.05, 3.63) is 107 Å². The lowest BCUT2D eigenvalue weighted by Crippen LogP contribution is -2.48. The minimum Gasteiger partial charge on any atom is -0.412 e. The summed E-state index contributed by atoms with van der Waals surface area (Å²) in [6.45, 7) is 5.96. The number of benzene rings is 3. The van der Waals surface area contributed by atoms with E-state index in [1.165, 1.54) is 11.1 Å². The zero-order chi connectivity index (χ0) is 21.8. The van der Waals surface area contributed by atoms with Crippen LogP contribution in [0.2, 0.25) is 0 Å². The third-order valence-electron chi connectivity index (χ3n) is 6.54. The molecule has 7 nitrogen and oxygen atoms in total. The number of rotatable bonds is 7. The molecule has 196 valence electrons. The molecule has 0 unspecified atom stereocenters. The topological polar surface area (TPSA) is 107 Å². The van der Waals surface area contributed by atoms with Gasteiger partial charge in [-0.1, -0.05) is 72.8 Å². The molecule has 2 heterocycles. The highest BCUT2D eigenvalue weighted by Gasteiger charge is 2.26. The monoisotopic (exact) mass is 534 g/mol. The first-order valence-corrected chi connectivity index (χ1v) is 11.5. The van der Waals surface area contributed by atoms with Crippen molar-refractivity contribution >= 4 is 35.8 Å². The minimum absolute atomic E-state index is 0. The van der Waals surface area contributed by atoms with Crippen LogP contribution in [0.4, 0.5) is 0 Å². The van der Waals surface area contributed by atoms with E-state index in [1.54, 1.807) is 0 Å². The number of halogens is 2. The Bertz CT molecular complexity index is 1170. The number of fused-ring (bicyclic) bond motifs is 1. The molecule has 1 saturated heterocycles. The number of hydrogen-bond acceptors (Lipinski definition) is 3. The quantitative estimate of drug-likeness (QED) is 0.392. The van der Waals surface area contributed by atoms with Crippen LogP contribution in [0.25, 0.3) is 11.0 Å². The molecule has 1 fully saturated rings. The second-order valence-corrected chi connectivity index (χ2v) is 8.55. The van der Waals surface area contributed by atoms with Gasteiger partial charge in [0, 0.05) is 32.7 Å². The van der Waals surface area contributed by atoms with Crippen molar-refractivity contribution in [2.24, 2.45) is 0 Å². The molecule has 36 heavy (non-hydrogen) atoms. The number of H-pyrrole nitrogens is 1. The van der Waals surface area contributed by atoms with E-state index >= 15 is 0 Å². The molecule has 3 aromatic carbocycles. The molecule has 0 saturated carbocycles. The Kier molecular flexibility index (Phi) is 12.9. The molecule has 9 heteroatoms. The van der Waals surface area contributed by atoms with E-state index in [0.717, 1.165) is 56.7 Å². The van der Waals surface area contributed by atoms with Gasteiger partial charge in [-0.2, -0.15) is 0 Å². The van der Waals surface area contributed by atoms with Gasteiger partial charge in [-0.05, 0) is 36.2 Å². The molecule has 0 spiro atoms. The van der Waals surface area contributed by atoms with Crippen molar-refractivity contribution in [3.63, 3.8) is 0 Å². The molecule has 1 aliphatic rings. The van der Waals surface area contributed by atoms with E-state index in [0.29, 0.717) is 6.04 Å². The molecule has 0 aliphatic carbocycles. The van der Waals surface area contributed by atoms with Crippen molar-refractivity contribution in [1.29, 1.82) is 0 Å². The number of piperazine rings is 1. The van der Waals surface area contributed by atoms with Crippen LogP contribution in [0.3, 0.4) is 0 Å². The van der Waals surface area contributed by atoms with Crippen LogP contribution >= 0.6 is 24.8 Å². The lowest BCUT2D eigenvalue weighted by molar-refractivity contribution is 0.108. The Morgan fingerprint density at radius 1 is 0.694 bits per heavy atom. The fourth-order valence-corrected chi connectivity index (χ4v) is 4.91. The molecule has 1 aliphatic heterocycles. The van der Waals surface area contributed by atoms with E-state index in [4.69, 9.17) is 0 Å². The third kappa shape index (κ3) is 6.97. The summed E-state index contributed by atoms with van der Waals surface area (Å²) < 4.78 is 1.87. The van der Waals surface area contributed by atoms with Gasteiger partial charge in [0.25, 0.3) is 0 Å². The average Bonchev–Trinajstić information content (AvgIpc) is 3.17. The molecule has 4 aromatic rings. The SMILES string of the molecule is Cl.Cl.O.O.O=c1[nH]c2ccccc2n1CCCN1CCN(C(c2ccccc2)c2ccccc2)CC1. The molecule has 5 N–H and O–H groups in total. The summed E-state index contributed by atoms with van der Waals surface area (Å²) in [5.74, 6) is 0. The first-order chi connectivity index (χ1) is 15.8. The fraction of sp³-hybridized carbons (Fsp3) is 0.296. The van der Waals surface area contributed by atoms with Crippen LogP contribution in [-0.2, 0) is 6.54 Å². The van der Waals surface area contributed by atoms with Crippen LogP contribution in [0.15, 0.2) is 89.7 Å². The lowest BCUT2D eigenvalue weighted by Gasteiger charge is -2.39. The van der Waals surface area contributed by atoms with Crippen molar-refractivity contribution in [3.8, 4) is 0 Å². The Labute approximate surface area is 224 Å². The number of imidazole rings is 1. The molecule has 1 aromatic heterocycles. The van der Waals surface area contributed by atoms with Gasteiger partial charge in [-0.25, -0.2) is 4.79 Å². The first kappa shape index (κ1) is 31.4. The highest BCUT2D eigenvalue weighted by atomic mass is 35.5. The summed E-state index contributed by atoms with van der Waals surface area (Å²) >= 11 is 0. The van der Waals surface area contributed by atoms with Gasteiger partial charge in [0.05, 0.1) is 17.1 Å². The zero-order valence-electron chi connectivity index (χ0n) is 20.2. The second kappa shape index (κ2) is 14.8. The van der Waals surface area contributed by atoms with Crippen LogP contribution in [0, 0.1) is 0 Å². The van der Waals surface area contributed by atoms with Gasteiger partial charge in [0.15, 0.2) is 0 Å². The Balaban J connectivity index is 0.00000162. The van der Waals surface area contributed by atoms with Crippen LogP contribution in [0.5, 0.6) is 0 Å². The number of para-hydroxylation sites is 2. The van der Waals surface area contributed by atoms with Gasteiger partial charge >= 0.3 is 5.69 Å². The summed E-state index contributed by atoms with van der Waals surface area (Å²) in [5.41, 5.74) is 4.61. The van der Waals surface area contributed by atoms with Gasteiger partial charge in [0.2, 0.25) is 0 Å². The van der Waals surface area contributed by atoms with Crippen molar-refractivity contribution in [1.82, 2.24) is 19.4 Å². The minimum atomic E-state index is -0.00965. The Morgan fingerprint density at radius 2 is 1.22 bits per heavy atom. The van der Waals surface area contributed by atoms with E-state index < -0.39 is 0 Å². The molecular formula is C27H36Cl2N4O3. The number of aromatic amines is 1. The molecule has 0 radical (unpaired) electrons. The molecule has 0 bridgehead atoms. The van der Waals surface area contributed by atoms with Crippen LogP contribution in [0.1, 0.15) is 23.6 Å². The standard InChI is InChI=1S/C27H30N4O.2ClH.2H2O/c32-27-28-24-14-7-8-15-25(24)31(27)17-9-16-29-18-20-30(21-19-29)26(22-10-3-1-4-11-22)23-12-5-2-6-13-23;;;;/h1-8,10-15,26H,9,16-21H2,(H,28,32);2*1H;2*1H2. The van der Waals surface area contributed by atoms with Crippen LogP contribution in [-0.4, -0.2) is 63.0 Å². The summed E-state index contributed by atoms with van der Waals surface area (Å²) in [4.78, 5) is 20.4. The highest BCUT2D eigenvalue weighted by molar-refractivity contribution is 5.85. The van der Waals surface area contributed by atoms with Crippen LogP contribution < -0.4 is 5.69 Å². The first-order valence-electron chi connectivity index (χ1n) is 11.5. The Hall–Kier alpha value is -2.65. The molecule has 5 rings (SSSR count). The maximum absolute atomic E-state index is 12.3. The van der Waals surface area contributed by atoms with E-state index in [-0.39, 0.29) is 41.5 Å². The average molecular weight is 536 g/mol. The predicted molar refractivity (Wildman–Crippen MR) is 152 cm³/mol. The molecular weight excluding hydrogens is 499 g/mol. The summed E-state index contributed by atoms with van der Waals surface area (Å²) in [5, 5.41) is 0. The number of nitrogens with one attached hydrogen (secondary N) is 1.